The summed E-state index contributed by atoms with van der Waals surface area (Å²) >= 11 is 0. The van der Waals surface area contributed by atoms with Crippen LogP contribution in [0.1, 0.15) is 0 Å². The predicted octanol–water partition coefficient (Wildman–Crippen LogP) is -1.83. The van der Waals surface area contributed by atoms with Crippen LogP contribution >= 0.6 is 0 Å². The van der Waals surface area contributed by atoms with Gasteiger partial charge in [-0.05, 0) is 0 Å². The van der Waals surface area contributed by atoms with Crippen molar-refractivity contribution in [3.63, 3.8) is 0 Å². The SMILES string of the molecule is O=S(=O)(OB(O)O)C(F)(F)F.[KH]. The first-order valence-electron chi connectivity index (χ1n) is 2.02. The van der Waals surface area contributed by atoms with Crippen molar-refractivity contribution in [1.29, 1.82) is 0 Å². The van der Waals surface area contributed by atoms with Gasteiger partial charge in [0, 0.05) is 0 Å². The number of rotatable bonds is 2. The van der Waals surface area contributed by atoms with Crippen molar-refractivity contribution in [1.82, 2.24) is 0 Å². The monoisotopic (exact) mass is 234 g/mol. The molecule has 0 aliphatic rings. The third-order valence-corrected chi connectivity index (χ3v) is 1.49. The molecule has 0 aromatic heterocycles. The Morgan fingerprint density at radius 2 is 1.58 bits per heavy atom. The Morgan fingerprint density at radius 3 is 1.67 bits per heavy atom. The van der Waals surface area contributed by atoms with Gasteiger partial charge in [-0.1, -0.05) is 0 Å². The molecule has 0 rings (SSSR count). The molecule has 2 N–H and O–H groups in total. The van der Waals surface area contributed by atoms with Crippen molar-refractivity contribution in [3.8, 4) is 0 Å². The molecule has 5 nitrogen and oxygen atoms in total. The van der Waals surface area contributed by atoms with E-state index in [1.807, 2.05) is 0 Å². The van der Waals surface area contributed by atoms with Crippen molar-refractivity contribution in [2.24, 2.45) is 0 Å². The summed E-state index contributed by atoms with van der Waals surface area (Å²) in [6.45, 7) is 0. The second-order valence-electron chi connectivity index (χ2n) is 1.32. The molecule has 0 spiro atoms. The molecular formula is CH3BF3KO5S. The second-order valence-corrected chi connectivity index (χ2v) is 2.89. The van der Waals surface area contributed by atoms with E-state index in [-0.39, 0.29) is 51.4 Å². The fourth-order valence-corrected chi connectivity index (χ4v) is 0.504. The van der Waals surface area contributed by atoms with Crippen LogP contribution in [0.4, 0.5) is 13.2 Å². The summed E-state index contributed by atoms with van der Waals surface area (Å²) < 4.78 is 56.1. The van der Waals surface area contributed by atoms with Crippen LogP contribution in [0.3, 0.4) is 0 Å². The van der Waals surface area contributed by atoms with Gasteiger partial charge in [0.2, 0.25) is 0 Å². The van der Waals surface area contributed by atoms with Gasteiger partial charge in [-0.15, -0.1) is 0 Å². The van der Waals surface area contributed by atoms with Crippen molar-refractivity contribution in [3.05, 3.63) is 0 Å². The fraction of sp³-hybridized carbons (Fsp3) is 1.00. The summed E-state index contributed by atoms with van der Waals surface area (Å²) in [6.07, 6.45) is 0. The van der Waals surface area contributed by atoms with Crippen molar-refractivity contribution in [2.45, 2.75) is 5.51 Å². The van der Waals surface area contributed by atoms with E-state index in [1.54, 1.807) is 0 Å². The van der Waals surface area contributed by atoms with Gasteiger partial charge < -0.3 is 10.0 Å². The van der Waals surface area contributed by atoms with E-state index >= 15 is 0 Å². The van der Waals surface area contributed by atoms with E-state index in [0.29, 0.717) is 0 Å². The molecule has 0 aromatic rings. The Labute approximate surface area is 109 Å². The van der Waals surface area contributed by atoms with E-state index in [0.717, 1.165) is 0 Å². The molecule has 0 unspecified atom stereocenters. The Balaban J connectivity index is 0. The maximum absolute atomic E-state index is 11.3. The molecule has 0 aliphatic heterocycles. The van der Waals surface area contributed by atoms with E-state index in [9.17, 15) is 21.6 Å². The molecule has 0 aromatic carbocycles. The molecule has 0 amide bonds. The average Bonchev–Trinajstić information content (AvgIpc) is 1.56. The van der Waals surface area contributed by atoms with Crippen LogP contribution in [-0.2, 0) is 14.2 Å². The summed E-state index contributed by atoms with van der Waals surface area (Å²) in [7, 11) is -8.90. The van der Waals surface area contributed by atoms with Crippen molar-refractivity contribution < 1.29 is 35.7 Å². The molecule has 0 radical (unpaired) electrons. The number of hydrogen-bond acceptors (Lipinski definition) is 5. The zero-order valence-electron chi connectivity index (χ0n) is 4.74. The molecule has 0 saturated carbocycles. The normalized spacial score (nSPS) is 12.1. The standard InChI is InChI=1S/CH2BF3O5S.K.H/c3-1(4,5)11(8,9)10-2(6)7;;/h6-7H;;. The Bertz CT molecular complexity index is 221. The van der Waals surface area contributed by atoms with Gasteiger partial charge in [-0.3, -0.25) is 4.10 Å². The summed E-state index contributed by atoms with van der Waals surface area (Å²) in [5.41, 5.74) is -5.64. The molecule has 11 heteroatoms. The molecule has 0 aliphatic carbocycles. The van der Waals surface area contributed by atoms with Crippen LogP contribution in [0.5, 0.6) is 0 Å². The third-order valence-electron chi connectivity index (χ3n) is 0.496. The van der Waals surface area contributed by atoms with E-state index in [2.05, 4.69) is 4.10 Å². The van der Waals surface area contributed by atoms with Crippen LogP contribution in [0.2, 0.25) is 0 Å². The van der Waals surface area contributed by atoms with Gasteiger partial charge in [-0.2, -0.15) is 21.6 Å². The Kier molecular flexibility index (Phi) is 6.92. The molecule has 0 bridgehead atoms. The predicted molar refractivity (Wildman–Crippen MR) is 33.4 cm³/mol. The van der Waals surface area contributed by atoms with Crippen LogP contribution in [0.15, 0.2) is 0 Å². The summed E-state index contributed by atoms with van der Waals surface area (Å²) in [5, 5.41) is 15.4. The zero-order chi connectivity index (χ0) is 9.28. The first kappa shape index (κ1) is 15.8. The first-order chi connectivity index (χ1) is 4.67. The molecule has 0 saturated heterocycles. The minimum atomic E-state index is -5.90. The summed E-state index contributed by atoms with van der Waals surface area (Å²) in [6, 6.07) is 0. The van der Waals surface area contributed by atoms with E-state index in [4.69, 9.17) is 10.0 Å². The minimum absolute atomic E-state index is 0. The van der Waals surface area contributed by atoms with Crippen molar-refractivity contribution >= 4 is 68.8 Å². The van der Waals surface area contributed by atoms with Crippen LogP contribution in [-0.4, -0.2) is 82.7 Å². The number of halogens is 3. The van der Waals surface area contributed by atoms with Crippen molar-refractivity contribution in [2.75, 3.05) is 0 Å². The molecule has 0 heterocycles. The first-order valence-corrected chi connectivity index (χ1v) is 3.43. The third kappa shape index (κ3) is 5.14. The van der Waals surface area contributed by atoms with Crippen LogP contribution < -0.4 is 0 Å². The molecular weight excluding hydrogens is 231 g/mol. The van der Waals surface area contributed by atoms with Gasteiger partial charge >= 0.3 is 74.3 Å². The van der Waals surface area contributed by atoms with Crippen LogP contribution in [0, 0.1) is 0 Å². The average molecular weight is 234 g/mol. The van der Waals surface area contributed by atoms with Gasteiger partial charge in [0.05, 0.1) is 0 Å². The van der Waals surface area contributed by atoms with Crippen LogP contribution in [0.25, 0.3) is 0 Å². The van der Waals surface area contributed by atoms with Gasteiger partial charge in [0.1, 0.15) is 0 Å². The molecule has 12 heavy (non-hydrogen) atoms. The van der Waals surface area contributed by atoms with Gasteiger partial charge in [0.15, 0.2) is 0 Å². The molecule has 68 valence electrons. The number of hydrogen-bond donors (Lipinski definition) is 2. The number of alkyl halides is 3. The van der Waals surface area contributed by atoms with E-state index in [1.165, 1.54) is 0 Å². The van der Waals surface area contributed by atoms with E-state index < -0.39 is 22.9 Å². The quantitative estimate of drug-likeness (QED) is 0.434. The molecule has 0 atom stereocenters. The van der Waals surface area contributed by atoms with Gasteiger partial charge in [0.25, 0.3) is 0 Å². The Hall–Kier alpha value is 1.32. The topological polar surface area (TPSA) is 83.8 Å². The fourth-order valence-electron chi connectivity index (χ4n) is 0.168. The second kappa shape index (κ2) is 5.26. The Morgan fingerprint density at radius 1 is 1.25 bits per heavy atom. The maximum atomic E-state index is 11.3. The summed E-state index contributed by atoms with van der Waals surface area (Å²) in [4.78, 5) is 0. The molecule has 0 fully saturated rings. The summed E-state index contributed by atoms with van der Waals surface area (Å²) in [5.74, 6) is 0. The zero-order valence-corrected chi connectivity index (χ0v) is 5.56. The van der Waals surface area contributed by atoms with Gasteiger partial charge in [-0.25, -0.2) is 0 Å².